The molecule has 10 heteroatoms. The van der Waals surface area contributed by atoms with Crippen molar-refractivity contribution >= 4 is 38.1 Å². The Bertz CT molecular complexity index is 1140. The van der Waals surface area contributed by atoms with E-state index in [1.807, 2.05) is 19.1 Å². The van der Waals surface area contributed by atoms with E-state index in [1.165, 1.54) is 4.31 Å². The highest BCUT2D eigenvalue weighted by molar-refractivity contribution is 7.94. The van der Waals surface area contributed by atoms with Crippen molar-refractivity contribution < 1.29 is 17.9 Å². The van der Waals surface area contributed by atoms with Crippen molar-refractivity contribution in [1.29, 1.82) is 0 Å². The number of anilines is 2. The first-order chi connectivity index (χ1) is 14.0. The van der Waals surface area contributed by atoms with Crippen LogP contribution in [0, 0.1) is 0 Å². The maximum absolute atomic E-state index is 13.0. The fourth-order valence-corrected chi connectivity index (χ4v) is 5.56. The summed E-state index contributed by atoms with van der Waals surface area (Å²) < 4.78 is 32.5. The molecule has 0 fully saturated rings. The van der Waals surface area contributed by atoms with Gasteiger partial charge in [-0.2, -0.15) is 8.42 Å². The summed E-state index contributed by atoms with van der Waals surface area (Å²) in [5, 5.41) is 10.3. The van der Waals surface area contributed by atoms with E-state index in [2.05, 4.69) is 15.5 Å². The van der Waals surface area contributed by atoms with Crippen molar-refractivity contribution in [2.75, 3.05) is 22.8 Å². The molecule has 150 valence electrons. The number of para-hydroxylation sites is 1. The van der Waals surface area contributed by atoms with Crippen LogP contribution in [0.5, 0.6) is 5.75 Å². The number of carbonyl (C=O) groups excluding carboxylic acids is 1. The van der Waals surface area contributed by atoms with Gasteiger partial charge in [-0.05, 0) is 49.2 Å². The minimum atomic E-state index is -3.83. The SMILES string of the molecule is CCOc1ccc(C(=O)Nc2nnc(S(=O)(=O)N3CCc4ccccc43)s2)cc1. The lowest BCUT2D eigenvalue weighted by molar-refractivity contribution is 0.102. The van der Waals surface area contributed by atoms with Crippen LogP contribution >= 0.6 is 11.3 Å². The molecule has 0 radical (unpaired) electrons. The van der Waals surface area contributed by atoms with Crippen LogP contribution in [-0.2, 0) is 16.4 Å². The van der Waals surface area contributed by atoms with Gasteiger partial charge in [0.05, 0.1) is 12.3 Å². The highest BCUT2D eigenvalue weighted by Gasteiger charge is 2.33. The Kier molecular flexibility index (Phi) is 5.20. The summed E-state index contributed by atoms with van der Waals surface area (Å²) in [6, 6.07) is 14.0. The molecule has 29 heavy (non-hydrogen) atoms. The second-order valence-corrected chi connectivity index (χ2v) is 9.25. The molecule has 2 heterocycles. The van der Waals surface area contributed by atoms with E-state index in [1.54, 1.807) is 36.4 Å². The van der Waals surface area contributed by atoms with Crippen LogP contribution in [0.3, 0.4) is 0 Å². The summed E-state index contributed by atoms with van der Waals surface area (Å²) in [5.41, 5.74) is 2.04. The lowest BCUT2D eigenvalue weighted by Gasteiger charge is -2.17. The Labute approximate surface area is 172 Å². The number of nitrogens with one attached hydrogen (secondary N) is 1. The molecule has 0 aliphatic carbocycles. The zero-order valence-corrected chi connectivity index (χ0v) is 17.2. The van der Waals surface area contributed by atoms with E-state index in [-0.39, 0.29) is 9.47 Å². The number of hydrogen-bond acceptors (Lipinski definition) is 7. The summed E-state index contributed by atoms with van der Waals surface area (Å²) in [4.78, 5) is 12.4. The molecule has 0 bridgehead atoms. The third-order valence-corrected chi connectivity index (χ3v) is 7.41. The highest BCUT2D eigenvalue weighted by Crippen LogP contribution is 2.34. The molecule has 8 nitrogen and oxygen atoms in total. The number of hydrogen-bond donors (Lipinski definition) is 1. The number of rotatable bonds is 6. The summed E-state index contributed by atoms with van der Waals surface area (Å²) in [6.07, 6.45) is 0.648. The van der Waals surface area contributed by atoms with E-state index in [0.717, 1.165) is 16.9 Å². The van der Waals surface area contributed by atoms with Crippen LogP contribution in [0.15, 0.2) is 52.9 Å². The second-order valence-electron chi connectivity index (χ2n) is 6.24. The Hall–Kier alpha value is -2.98. The van der Waals surface area contributed by atoms with Gasteiger partial charge in [0.25, 0.3) is 20.3 Å². The third-order valence-electron chi connectivity index (χ3n) is 4.41. The molecule has 1 aliphatic heterocycles. The van der Waals surface area contributed by atoms with Crippen LogP contribution in [0.25, 0.3) is 0 Å². The minimum absolute atomic E-state index is 0.120. The first-order valence-corrected chi connectivity index (χ1v) is 11.2. The van der Waals surface area contributed by atoms with Gasteiger partial charge in [0, 0.05) is 12.1 Å². The van der Waals surface area contributed by atoms with Gasteiger partial charge in [-0.15, -0.1) is 10.2 Å². The summed E-state index contributed by atoms with van der Waals surface area (Å²) in [5.74, 6) is 0.263. The maximum atomic E-state index is 13.0. The molecule has 0 saturated heterocycles. The van der Waals surface area contributed by atoms with Gasteiger partial charge in [-0.25, -0.2) is 0 Å². The molecule has 1 aromatic heterocycles. The smallest absolute Gasteiger partial charge is 0.293 e. The zero-order chi connectivity index (χ0) is 20.4. The molecule has 2 aromatic carbocycles. The number of aromatic nitrogens is 2. The molecule has 3 aromatic rings. The number of nitrogens with zero attached hydrogens (tertiary/aromatic N) is 3. The Balaban J connectivity index is 1.50. The number of benzene rings is 2. The van der Waals surface area contributed by atoms with E-state index in [9.17, 15) is 13.2 Å². The fraction of sp³-hybridized carbons (Fsp3) is 0.211. The van der Waals surface area contributed by atoms with Crippen molar-refractivity contribution in [1.82, 2.24) is 10.2 Å². The van der Waals surface area contributed by atoms with Crippen LogP contribution in [0.4, 0.5) is 10.8 Å². The zero-order valence-electron chi connectivity index (χ0n) is 15.5. The van der Waals surface area contributed by atoms with Gasteiger partial charge >= 0.3 is 0 Å². The normalized spacial score (nSPS) is 13.2. The Morgan fingerprint density at radius 3 is 2.69 bits per heavy atom. The average molecular weight is 431 g/mol. The topological polar surface area (TPSA) is 101 Å². The van der Waals surface area contributed by atoms with Crippen molar-refractivity contribution in [3.8, 4) is 5.75 Å². The summed E-state index contributed by atoms with van der Waals surface area (Å²) in [7, 11) is -3.83. The Morgan fingerprint density at radius 2 is 1.93 bits per heavy atom. The van der Waals surface area contributed by atoms with E-state index < -0.39 is 15.9 Å². The largest absolute Gasteiger partial charge is 0.494 e. The predicted octanol–water partition coefficient (Wildman–Crippen LogP) is 2.94. The summed E-state index contributed by atoms with van der Waals surface area (Å²) >= 11 is 0.827. The van der Waals surface area contributed by atoms with Crippen molar-refractivity contribution in [3.05, 3.63) is 59.7 Å². The van der Waals surface area contributed by atoms with E-state index in [4.69, 9.17) is 4.74 Å². The van der Waals surface area contributed by atoms with Gasteiger partial charge in [-0.1, -0.05) is 29.5 Å². The summed E-state index contributed by atoms with van der Waals surface area (Å²) in [6.45, 7) is 2.77. The van der Waals surface area contributed by atoms with E-state index in [0.29, 0.717) is 36.6 Å². The molecular formula is C19H18N4O4S2. The molecule has 1 N–H and O–H groups in total. The van der Waals surface area contributed by atoms with Crippen molar-refractivity contribution in [3.63, 3.8) is 0 Å². The lowest BCUT2D eigenvalue weighted by atomic mass is 10.2. The number of amides is 1. The van der Waals surface area contributed by atoms with Gasteiger partial charge in [0.1, 0.15) is 5.75 Å². The molecule has 4 rings (SSSR count). The monoisotopic (exact) mass is 430 g/mol. The van der Waals surface area contributed by atoms with Gasteiger partial charge in [-0.3, -0.25) is 14.4 Å². The molecule has 0 unspecified atom stereocenters. The predicted molar refractivity (Wildman–Crippen MR) is 110 cm³/mol. The number of carbonyl (C=O) groups is 1. The van der Waals surface area contributed by atoms with Crippen LogP contribution in [0.1, 0.15) is 22.8 Å². The van der Waals surface area contributed by atoms with Crippen molar-refractivity contribution in [2.45, 2.75) is 17.7 Å². The standard InChI is InChI=1S/C19H18N4O4S2/c1-2-27-15-9-7-14(8-10-15)17(24)20-18-21-22-19(28-18)29(25,26)23-12-11-13-5-3-4-6-16(13)23/h3-10H,2,11-12H2,1H3,(H,20,21,24). The van der Waals surface area contributed by atoms with Crippen LogP contribution < -0.4 is 14.4 Å². The van der Waals surface area contributed by atoms with Gasteiger partial charge in [0.2, 0.25) is 5.13 Å². The van der Waals surface area contributed by atoms with Gasteiger partial charge < -0.3 is 4.74 Å². The average Bonchev–Trinajstić information content (AvgIpc) is 3.36. The lowest BCUT2D eigenvalue weighted by Crippen LogP contribution is -2.29. The first-order valence-electron chi connectivity index (χ1n) is 8.97. The molecule has 1 amide bonds. The van der Waals surface area contributed by atoms with E-state index >= 15 is 0 Å². The highest BCUT2D eigenvalue weighted by atomic mass is 32.2. The van der Waals surface area contributed by atoms with Crippen LogP contribution in [-0.4, -0.2) is 37.7 Å². The molecular weight excluding hydrogens is 412 g/mol. The number of fused-ring (bicyclic) bond motifs is 1. The number of ether oxygens (including phenoxy) is 1. The Morgan fingerprint density at radius 1 is 1.17 bits per heavy atom. The molecule has 0 atom stereocenters. The fourth-order valence-electron chi connectivity index (χ4n) is 3.05. The first kappa shape index (κ1) is 19.3. The molecule has 0 saturated carbocycles. The second kappa shape index (κ2) is 7.80. The van der Waals surface area contributed by atoms with Crippen molar-refractivity contribution in [2.24, 2.45) is 0 Å². The molecule has 1 aliphatic rings. The third kappa shape index (κ3) is 3.81. The number of sulfonamides is 1. The maximum Gasteiger partial charge on any atom is 0.293 e. The minimum Gasteiger partial charge on any atom is -0.494 e. The molecule has 0 spiro atoms. The van der Waals surface area contributed by atoms with Gasteiger partial charge in [0.15, 0.2) is 0 Å². The quantitative estimate of drug-likeness (QED) is 0.604. The van der Waals surface area contributed by atoms with Crippen LogP contribution in [0.2, 0.25) is 0 Å².